The zero-order valence-electron chi connectivity index (χ0n) is 14.6. The highest BCUT2D eigenvalue weighted by Gasteiger charge is 2.26. The average molecular weight is 348 g/mol. The van der Waals surface area contributed by atoms with Crippen LogP contribution in [0.15, 0.2) is 53.7 Å². The van der Waals surface area contributed by atoms with Crippen LogP contribution in [0.1, 0.15) is 34.9 Å². The molecule has 0 saturated carbocycles. The molecule has 3 aromatic rings. The van der Waals surface area contributed by atoms with Gasteiger partial charge in [0, 0.05) is 25.0 Å². The van der Waals surface area contributed by atoms with Gasteiger partial charge in [0.15, 0.2) is 0 Å². The molecule has 26 heavy (non-hydrogen) atoms. The van der Waals surface area contributed by atoms with Crippen molar-refractivity contribution in [1.29, 1.82) is 0 Å². The quantitative estimate of drug-likeness (QED) is 0.714. The molecule has 1 fully saturated rings. The molecule has 0 N–H and O–H groups in total. The van der Waals surface area contributed by atoms with Gasteiger partial charge in [0.1, 0.15) is 0 Å². The van der Waals surface area contributed by atoms with Gasteiger partial charge in [0.05, 0.1) is 28.8 Å². The summed E-state index contributed by atoms with van der Waals surface area (Å²) in [7, 11) is 0. The summed E-state index contributed by atoms with van der Waals surface area (Å²) in [4.78, 5) is 36.0. The molecule has 1 aliphatic rings. The molecule has 2 aromatic heterocycles. The number of carbonyl (C=O) groups excluding carboxylic acids is 1. The van der Waals surface area contributed by atoms with Crippen molar-refractivity contribution >= 4 is 16.8 Å². The van der Waals surface area contributed by atoms with E-state index in [9.17, 15) is 9.59 Å². The molecule has 3 heterocycles. The summed E-state index contributed by atoms with van der Waals surface area (Å²) in [6, 6.07) is 10.9. The maximum absolute atomic E-state index is 12.8. The molecular weight excluding hydrogens is 328 g/mol. The second-order valence-corrected chi connectivity index (χ2v) is 6.71. The Balaban J connectivity index is 1.61. The largest absolute Gasteiger partial charge is 0.337 e. The predicted molar refractivity (Wildman–Crippen MR) is 99.2 cm³/mol. The van der Waals surface area contributed by atoms with Gasteiger partial charge in [-0.1, -0.05) is 12.1 Å². The van der Waals surface area contributed by atoms with E-state index in [1.807, 2.05) is 36.1 Å². The number of amides is 1. The van der Waals surface area contributed by atoms with Gasteiger partial charge in [0.2, 0.25) is 0 Å². The minimum Gasteiger partial charge on any atom is -0.337 e. The number of aryl methyl sites for hydroxylation is 1. The van der Waals surface area contributed by atoms with Crippen LogP contribution in [-0.4, -0.2) is 38.4 Å². The van der Waals surface area contributed by atoms with E-state index in [0.717, 1.165) is 18.5 Å². The maximum atomic E-state index is 12.8. The minimum absolute atomic E-state index is 0.0380. The third-order valence-corrected chi connectivity index (χ3v) is 4.93. The Hall–Kier alpha value is -3.02. The minimum atomic E-state index is -0.0595. The molecule has 1 saturated heterocycles. The van der Waals surface area contributed by atoms with E-state index in [1.54, 1.807) is 29.2 Å². The van der Waals surface area contributed by atoms with Crippen LogP contribution < -0.4 is 5.56 Å². The number of para-hydroxylation sites is 1. The van der Waals surface area contributed by atoms with Gasteiger partial charge in [-0.25, -0.2) is 4.98 Å². The lowest BCUT2D eigenvalue weighted by Crippen LogP contribution is -2.43. The summed E-state index contributed by atoms with van der Waals surface area (Å²) < 4.78 is 1.68. The molecule has 1 amide bonds. The number of pyridine rings is 1. The van der Waals surface area contributed by atoms with Crippen LogP contribution in [0, 0.1) is 6.92 Å². The van der Waals surface area contributed by atoms with Crippen LogP contribution in [0.25, 0.3) is 10.9 Å². The van der Waals surface area contributed by atoms with Crippen LogP contribution in [0.4, 0.5) is 0 Å². The van der Waals surface area contributed by atoms with Crippen LogP contribution in [0.3, 0.4) is 0 Å². The number of rotatable bonds is 2. The van der Waals surface area contributed by atoms with Crippen molar-refractivity contribution < 1.29 is 4.79 Å². The van der Waals surface area contributed by atoms with Gasteiger partial charge < -0.3 is 4.90 Å². The first-order chi connectivity index (χ1) is 12.6. The van der Waals surface area contributed by atoms with Gasteiger partial charge in [-0.05, 0) is 44.0 Å². The van der Waals surface area contributed by atoms with E-state index in [4.69, 9.17) is 0 Å². The number of fused-ring (bicyclic) bond motifs is 1. The van der Waals surface area contributed by atoms with Gasteiger partial charge in [-0.3, -0.25) is 19.1 Å². The van der Waals surface area contributed by atoms with Crippen LogP contribution in [-0.2, 0) is 0 Å². The van der Waals surface area contributed by atoms with Crippen LogP contribution in [0.2, 0.25) is 0 Å². The van der Waals surface area contributed by atoms with Crippen molar-refractivity contribution in [3.63, 3.8) is 0 Å². The molecule has 132 valence electrons. The van der Waals surface area contributed by atoms with Crippen molar-refractivity contribution in [3.8, 4) is 0 Å². The monoisotopic (exact) mass is 348 g/mol. The molecule has 6 heteroatoms. The van der Waals surface area contributed by atoms with E-state index in [0.29, 0.717) is 29.6 Å². The Morgan fingerprint density at radius 1 is 1.15 bits per heavy atom. The summed E-state index contributed by atoms with van der Waals surface area (Å²) in [5, 5.41) is 0.612. The number of piperidine rings is 1. The fraction of sp³-hybridized carbons (Fsp3) is 0.300. The lowest BCUT2D eigenvalue weighted by molar-refractivity contribution is 0.0677. The third kappa shape index (κ3) is 2.98. The highest BCUT2D eigenvalue weighted by molar-refractivity contribution is 5.94. The third-order valence-electron chi connectivity index (χ3n) is 4.93. The normalized spacial score (nSPS) is 17.4. The van der Waals surface area contributed by atoms with E-state index < -0.39 is 0 Å². The number of hydrogen-bond acceptors (Lipinski definition) is 4. The van der Waals surface area contributed by atoms with E-state index >= 15 is 0 Å². The molecule has 0 unspecified atom stereocenters. The predicted octanol–water partition coefficient (Wildman–Crippen LogP) is 2.58. The summed E-state index contributed by atoms with van der Waals surface area (Å²) in [5.74, 6) is -0.0380. The fourth-order valence-electron chi connectivity index (χ4n) is 3.49. The van der Waals surface area contributed by atoms with Gasteiger partial charge in [0.25, 0.3) is 11.5 Å². The fourth-order valence-corrected chi connectivity index (χ4v) is 3.49. The summed E-state index contributed by atoms with van der Waals surface area (Å²) in [6.07, 6.45) is 4.94. The number of carbonyl (C=O) groups is 1. The zero-order valence-corrected chi connectivity index (χ0v) is 14.6. The zero-order chi connectivity index (χ0) is 18.1. The van der Waals surface area contributed by atoms with E-state index in [2.05, 4.69) is 9.97 Å². The first kappa shape index (κ1) is 16.4. The molecule has 4 rings (SSSR count). The Morgan fingerprint density at radius 2 is 2.00 bits per heavy atom. The topological polar surface area (TPSA) is 68.1 Å². The first-order valence-corrected chi connectivity index (χ1v) is 8.81. The molecule has 6 nitrogen and oxygen atoms in total. The highest BCUT2D eigenvalue weighted by Crippen LogP contribution is 2.22. The number of benzene rings is 1. The molecule has 1 aliphatic heterocycles. The van der Waals surface area contributed by atoms with Crippen molar-refractivity contribution in [2.45, 2.75) is 25.8 Å². The summed E-state index contributed by atoms with van der Waals surface area (Å²) in [5.41, 5.74) is 2.11. The lowest BCUT2D eigenvalue weighted by atomic mass is 10.0. The van der Waals surface area contributed by atoms with Gasteiger partial charge in [-0.2, -0.15) is 0 Å². The van der Waals surface area contributed by atoms with E-state index in [1.165, 1.54) is 0 Å². The molecule has 0 radical (unpaired) electrons. The lowest BCUT2D eigenvalue weighted by Gasteiger charge is -2.33. The van der Waals surface area contributed by atoms with E-state index in [-0.39, 0.29) is 17.5 Å². The van der Waals surface area contributed by atoms with Crippen molar-refractivity contribution in [2.75, 3.05) is 13.1 Å². The number of likely N-dealkylation sites (tertiary alicyclic amines) is 1. The standard InChI is InChI=1S/C20H20N4O2/c1-14-8-9-15(11-21-14)19(25)23-10-4-5-16(12-23)24-13-22-18-7-3-2-6-17(18)20(24)26/h2-3,6-9,11,13,16H,4-5,10,12H2,1H3/t16-/m1/s1. The first-order valence-electron chi connectivity index (χ1n) is 8.81. The van der Waals surface area contributed by atoms with Crippen molar-refractivity contribution in [1.82, 2.24) is 19.4 Å². The number of hydrogen-bond donors (Lipinski definition) is 0. The Labute approximate surface area is 151 Å². The summed E-state index contributed by atoms with van der Waals surface area (Å²) >= 11 is 0. The number of aromatic nitrogens is 3. The average Bonchev–Trinajstić information content (AvgIpc) is 2.69. The molecule has 1 atom stereocenters. The Morgan fingerprint density at radius 3 is 2.81 bits per heavy atom. The Kier molecular flexibility index (Phi) is 4.24. The molecular formula is C20H20N4O2. The molecule has 1 aromatic carbocycles. The molecule has 0 spiro atoms. The summed E-state index contributed by atoms with van der Waals surface area (Å²) in [6.45, 7) is 3.09. The van der Waals surface area contributed by atoms with Crippen molar-refractivity contribution in [2.24, 2.45) is 0 Å². The maximum Gasteiger partial charge on any atom is 0.261 e. The SMILES string of the molecule is Cc1ccc(C(=O)N2CCC[C@@H](n3cnc4ccccc4c3=O)C2)cn1. The smallest absolute Gasteiger partial charge is 0.261 e. The Bertz CT molecular complexity index is 1010. The second kappa shape index (κ2) is 6.71. The van der Waals surface area contributed by atoms with Gasteiger partial charge in [-0.15, -0.1) is 0 Å². The number of nitrogens with zero attached hydrogens (tertiary/aromatic N) is 4. The second-order valence-electron chi connectivity index (χ2n) is 6.71. The van der Waals surface area contributed by atoms with Crippen LogP contribution >= 0.6 is 0 Å². The van der Waals surface area contributed by atoms with Crippen molar-refractivity contribution in [3.05, 3.63) is 70.5 Å². The molecule has 0 aliphatic carbocycles. The van der Waals surface area contributed by atoms with Gasteiger partial charge >= 0.3 is 0 Å². The van der Waals surface area contributed by atoms with Crippen LogP contribution in [0.5, 0.6) is 0 Å². The highest BCUT2D eigenvalue weighted by atomic mass is 16.2. The molecule has 0 bridgehead atoms.